The van der Waals surface area contributed by atoms with Gasteiger partial charge in [0.2, 0.25) is 11.8 Å². The molecule has 2 amide bonds. The zero-order chi connectivity index (χ0) is 13.1. The van der Waals surface area contributed by atoms with E-state index >= 15 is 0 Å². The van der Waals surface area contributed by atoms with Crippen LogP contribution >= 0.6 is 0 Å². The number of hydrogen-bond donors (Lipinski definition) is 2. The first-order valence-electron chi connectivity index (χ1n) is 5.66. The van der Waals surface area contributed by atoms with Crippen LogP contribution in [0.5, 0.6) is 0 Å². The Morgan fingerprint density at radius 1 is 1.41 bits per heavy atom. The van der Waals surface area contributed by atoms with Crippen molar-refractivity contribution in [2.45, 2.75) is 38.6 Å². The normalized spacial score (nSPS) is 23.5. The summed E-state index contributed by atoms with van der Waals surface area (Å²) in [6.45, 7) is 3.67. The SMILES string of the molecule is CC(=O)NCCC(=O)N1CCCC1(C)C(=O)O. The highest BCUT2D eigenvalue weighted by Crippen LogP contribution is 2.29. The van der Waals surface area contributed by atoms with Crippen LogP contribution < -0.4 is 5.32 Å². The number of amides is 2. The summed E-state index contributed by atoms with van der Waals surface area (Å²) in [4.78, 5) is 35.1. The topological polar surface area (TPSA) is 86.7 Å². The van der Waals surface area contributed by atoms with Crippen molar-refractivity contribution in [2.75, 3.05) is 13.1 Å². The van der Waals surface area contributed by atoms with Gasteiger partial charge in [0.25, 0.3) is 0 Å². The van der Waals surface area contributed by atoms with Crippen LogP contribution in [0, 0.1) is 0 Å². The molecule has 1 fully saturated rings. The molecule has 6 nitrogen and oxygen atoms in total. The molecule has 1 aliphatic rings. The van der Waals surface area contributed by atoms with E-state index in [1.165, 1.54) is 11.8 Å². The highest BCUT2D eigenvalue weighted by Gasteiger charge is 2.45. The molecule has 6 heteroatoms. The number of likely N-dealkylation sites (tertiary alicyclic amines) is 1. The summed E-state index contributed by atoms with van der Waals surface area (Å²) >= 11 is 0. The second-order valence-electron chi connectivity index (χ2n) is 4.46. The van der Waals surface area contributed by atoms with E-state index in [-0.39, 0.29) is 24.8 Å². The predicted molar refractivity (Wildman–Crippen MR) is 60.3 cm³/mol. The summed E-state index contributed by atoms with van der Waals surface area (Å²) in [5.74, 6) is -1.38. The molecule has 0 spiro atoms. The second-order valence-corrected chi connectivity index (χ2v) is 4.46. The van der Waals surface area contributed by atoms with Crippen LogP contribution in [0.1, 0.15) is 33.1 Å². The number of hydrogen-bond acceptors (Lipinski definition) is 3. The maximum Gasteiger partial charge on any atom is 0.329 e. The summed E-state index contributed by atoms with van der Waals surface area (Å²) in [7, 11) is 0. The Kier molecular flexibility index (Phi) is 4.09. The minimum atomic E-state index is -1.09. The molecule has 0 saturated carbocycles. The van der Waals surface area contributed by atoms with Crippen molar-refractivity contribution in [3.05, 3.63) is 0 Å². The smallest absolute Gasteiger partial charge is 0.329 e. The van der Waals surface area contributed by atoms with Gasteiger partial charge in [0.15, 0.2) is 0 Å². The monoisotopic (exact) mass is 242 g/mol. The predicted octanol–water partition coefficient (Wildman–Crippen LogP) is -0.0217. The lowest BCUT2D eigenvalue weighted by molar-refractivity contribution is -0.155. The molecule has 96 valence electrons. The van der Waals surface area contributed by atoms with Crippen LogP contribution in [0.15, 0.2) is 0 Å². The molecule has 0 aromatic heterocycles. The highest BCUT2D eigenvalue weighted by molar-refractivity contribution is 5.87. The summed E-state index contributed by atoms with van der Waals surface area (Å²) in [6, 6.07) is 0. The van der Waals surface area contributed by atoms with Gasteiger partial charge < -0.3 is 15.3 Å². The molecule has 0 radical (unpaired) electrons. The number of aliphatic carboxylic acids is 1. The van der Waals surface area contributed by atoms with E-state index < -0.39 is 11.5 Å². The lowest BCUT2D eigenvalue weighted by atomic mass is 9.99. The maximum atomic E-state index is 11.9. The van der Waals surface area contributed by atoms with E-state index in [9.17, 15) is 14.4 Å². The van der Waals surface area contributed by atoms with E-state index in [0.717, 1.165) is 0 Å². The van der Waals surface area contributed by atoms with Gasteiger partial charge in [-0.3, -0.25) is 9.59 Å². The summed E-state index contributed by atoms with van der Waals surface area (Å²) in [6.07, 6.45) is 1.32. The molecule has 0 aromatic carbocycles. The maximum absolute atomic E-state index is 11.9. The van der Waals surface area contributed by atoms with Crippen LogP contribution in [0.3, 0.4) is 0 Å². The first-order chi connectivity index (χ1) is 7.88. The Morgan fingerprint density at radius 2 is 2.06 bits per heavy atom. The zero-order valence-corrected chi connectivity index (χ0v) is 10.2. The fraction of sp³-hybridized carbons (Fsp3) is 0.727. The van der Waals surface area contributed by atoms with Crippen LogP contribution in [0.25, 0.3) is 0 Å². The van der Waals surface area contributed by atoms with Crippen molar-refractivity contribution in [2.24, 2.45) is 0 Å². The molecule has 1 aliphatic heterocycles. The number of carboxylic acid groups (broad SMARTS) is 1. The van der Waals surface area contributed by atoms with Gasteiger partial charge in [-0.2, -0.15) is 0 Å². The van der Waals surface area contributed by atoms with E-state index in [4.69, 9.17) is 5.11 Å². The first-order valence-corrected chi connectivity index (χ1v) is 5.66. The van der Waals surface area contributed by atoms with Crippen molar-refractivity contribution < 1.29 is 19.5 Å². The fourth-order valence-corrected chi connectivity index (χ4v) is 2.07. The number of carbonyl (C=O) groups is 3. The van der Waals surface area contributed by atoms with Crippen molar-refractivity contribution >= 4 is 17.8 Å². The third-order valence-corrected chi connectivity index (χ3v) is 3.12. The largest absolute Gasteiger partial charge is 0.480 e. The second kappa shape index (κ2) is 5.16. The average Bonchev–Trinajstić information content (AvgIpc) is 2.61. The number of nitrogens with one attached hydrogen (secondary N) is 1. The van der Waals surface area contributed by atoms with E-state index in [1.54, 1.807) is 6.92 Å². The standard InChI is InChI=1S/C11H18N2O4/c1-8(14)12-6-4-9(15)13-7-3-5-11(13,2)10(16)17/h3-7H2,1-2H3,(H,12,14)(H,16,17). The fourth-order valence-electron chi connectivity index (χ4n) is 2.07. The third-order valence-electron chi connectivity index (χ3n) is 3.12. The van der Waals surface area contributed by atoms with E-state index in [2.05, 4.69) is 5.32 Å². The molecular weight excluding hydrogens is 224 g/mol. The van der Waals surface area contributed by atoms with Gasteiger partial charge in [-0.1, -0.05) is 0 Å². The molecule has 1 atom stereocenters. The summed E-state index contributed by atoms with van der Waals surface area (Å²) in [5, 5.41) is 11.7. The summed E-state index contributed by atoms with van der Waals surface area (Å²) < 4.78 is 0. The Labute approximate surface area is 100.0 Å². The minimum Gasteiger partial charge on any atom is -0.480 e. The number of carbonyl (C=O) groups excluding carboxylic acids is 2. The van der Waals surface area contributed by atoms with Crippen molar-refractivity contribution in [3.63, 3.8) is 0 Å². The Hall–Kier alpha value is -1.59. The van der Waals surface area contributed by atoms with Crippen molar-refractivity contribution in [3.8, 4) is 0 Å². The van der Waals surface area contributed by atoms with Crippen LogP contribution in [-0.2, 0) is 14.4 Å². The Balaban J connectivity index is 2.56. The number of nitrogens with zero attached hydrogens (tertiary/aromatic N) is 1. The average molecular weight is 242 g/mol. The van der Waals surface area contributed by atoms with E-state index in [0.29, 0.717) is 19.4 Å². The van der Waals surface area contributed by atoms with Gasteiger partial charge >= 0.3 is 5.97 Å². The lowest BCUT2D eigenvalue weighted by Crippen LogP contribution is -2.51. The van der Waals surface area contributed by atoms with Gasteiger partial charge in [0.05, 0.1) is 0 Å². The van der Waals surface area contributed by atoms with Gasteiger partial charge in [-0.25, -0.2) is 4.79 Å². The Bertz CT molecular complexity index is 342. The summed E-state index contributed by atoms with van der Waals surface area (Å²) in [5.41, 5.74) is -1.09. The first kappa shape index (κ1) is 13.5. The van der Waals surface area contributed by atoms with Gasteiger partial charge in [0, 0.05) is 26.4 Å². The number of carboxylic acids is 1. The van der Waals surface area contributed by atoms with Gasteiger partial charge in [0.1, 0.15) is 5.54 Å². The molecule has 17 heavy (non-hydrogen) atoms. The van der Waals surface area contributed by atoms with Crippen LogP contribution in [-0.4, -0.2) is 46.4 Å². The molecule has 0 aromatic rings. The van der Waals surface area contributed by atoms with Crippen LogP contribution in [0.2, 0.25) is 0 Å². The van der Waals surface area contributed by atoms with E-state index in [1.807, 2.05) is 0 Å². The van der Waals surface area contributed by atoms with Gasteiger partial charge in [-0.05, 0) is 19.8 Å². The van der Waals surface area contributed by atoms with Crippen LogP contribution in [0.4, 0.5) is 0 Å². The molecule has 1 unspecified atom stereocenters. The third kappa shape index (κ3) is 2.95. The molecule has 1 heterocycles. The Morgan fingerprint density at radius 3 is 2.59 bits per heavy atom. The quantitative estimate of drug-likeness (QED) is 0.725. The van der Waals surface area contributed by atoms with Crippen molar-refractivity contribution in [1.82, 2.24) is 10.2 Å². The number of rotatable bonds is 4. The molecule has 0 aliphatic carbocycles. The molecule has 0 bridgehead atoms. The molecule has 2 N–H and O–H groups in total. The van der Waals surface area contributed by atoms with Gasteiger partial charge in [-0.15, -0.1) is 0 Å². The molecule has 1 rings (SSSR count). The molecular formula is C11H18N2O4. The lowest BCUT2D eigenvalue weighted by Gasteiger charge is -2.31. The van der Waals surface area contributed by atoms with Crippen molar-refractivity contribution in [1.29, 1.82) is 0 Å². The highest BCUT2D eigenvalue weighted by atomic mass is 16.4. The zero-order valence-electron chi connectivity index (χ0n) is 10.2. The molecule has 1 saturated heterocycles. The minimum absolute atomic E-state index is 0.141.